The number of carbonyl (C=O) groups excluding carboxylic acids is 4. The lowest BCUT2D eigenvalue weighted by atomic mass is 9.98. The summed E-state index contributed by atoms with van der Waals surface area (Å²) in [5, 5.41) is 4.74. The summed E-state index contributed by atoms with van der Waals surface area (Å²) in [5.74, 6) is -1.99. The molecule has 0 aliphatic carbocycles. The highest BCUT2D eigenvalue weighted by molar-refractivity contribution is 5.68. The molecule has 0 spiro atoms. The van der Waals surface area contributed by atoms with Crippen molar-refractivity contribution in [3.63, 3.8) is 0 Å². The van der Waals surface area contributed by atoms with Crippen LogP contribution in [0.25, 0.3) is 5.69 Å². The standard InChI is InChI=1S/C32H36N2O11/c1-18-26(16-23-12-14-25(39-6)15-13-23)31(33-34(18)24-10-8-7-9-11-24)45-32-30(43-22(5)38)29(42-21(4)37)28(41-20(3)36)27(44-32)17-40-19(2)35/h7-15,27-30,32H,16-17H2,1-6H3/t27-,28-,29+,30-,32+/m1/s1. The highest BCUT2D eigenvalue weighted by atomic mass is 16.7. The first-order chi connectivity index (χ1) is 21.5. The largest absolute Gasteiger partial charge is 0.497 e. The Bertz CT molecular complexity index is 1500. The van der Waals surface area contributed by atoms with Crippen molar-refractivity contribution in [2.75, 3.05) is 13.7 Å². The summed E-state index contributed by atoms with van der Waals surface area (Å²) in [6.07, 6.45) is -6.29. The van der Waals surface area contributed by atoms with Crippen LogP contribution in [0.4, 0.5) is 0 Å². The molecule has 5 atom stereocenters. The molecule has 1 aromatic heterocycles. The Morgan fingerprint density at radius 1 is 0.800 bits per heavy atom. The first-order valence-electron chi connectivity index (χ1n) is 14.2. The number of rotatable bonds is 11. The lowest BCUT2D eigenvalue weighted by molar-refractivity contribution is -0.289. The Morgan fingerprint density at radius 2 is 1.40 bits per heavy atom. The minimum atomic E-state index is -1.43. The fourth-order valence-electron chi connectivity index (χ4n) is 4.97. The third-order valence-electron chi connectivity index (χ3n) is 6.92. The number of hydrogen-bond acceptors (Lipinski definition) is 12. The van der Waals surface area contributed by atoms with Gasteiger partial charge in [-0.1, -0.05) is 30.3 Å². The summed E-state index contributed by atoms with van der Waals surface area (Å²) in [6, 6.07) is 16.9. The van der Waals surface area contributed by atoms with Crippen molar-refractivity contribution in [2.45, 2.75) is 71.7 Å². The molecule has 0 radical (unpaired) electrons. The van der Waals surface area contributed by atoms with Crippen molar-refractivity contribution in [1.29, 1.82) is 0 Å². The molecule has 13 nitrogen and oxygen atoms in total. The Balaban J connectivity index is 1.80. The van der Waals surface area contributed by atoms with Crippen LogP contribution in [0.2, 0.25) is 0 Å². The first kappa shape index (κ1) is 33.0. The van der Waals surface area contributed by atoms with E-state index in [0.29, 0.717) is 17.7 Å². The predicted molar refractivity (Wildman–Crippen MR) is 157 cm³/mol. The Morgan fingerprint density at radius 3 is 1.98 bits per heavy atom. The van der Waals surface area contributed by atoms with Gasteiger partial charge in [0, 0.05) is 45.4 Å². The van der Waals surface area contributed by atoms with E-state index in [4.69, 9.17) is 38.3 Å². The number of nitrogens with zero attached hydrogens (tertiary/aromatic N) is 2. The van der Waals surface area contributed by atoms with Crippen molar-refractivity contribution < 1.29 is 52.3 Å². The molecule has 3 aromatic rings. The second-order valence-corrected chi connectivity index (χ2v) is 10.3. The average molecular weight is 625 g/mol. The molecule has 0 N–H and O–H groups in total. The highest BCUT2D eigenvalue weighted by Crippen LogP contribution is 2.34. The number of ether oxygens (including phenoxy) is 7. The van der Waals surface area contributed by atoms with E-state index in [1.807, 2.05) is 61.5 Å². The van der Waals surface area contributed by atoms with Gasteiger partial charge in [-0.2, -0.15) is 0 Å². The molecule has 13 heteroatoms. The SMILES string of the molecule is COc1ccc(Cc2c(O[C@@H]3O[C@H](COC(C)=O)[C@@H](OC(C)=O)[C@H](OC(C)=O)[C@H]3OC(C)=O)nn(-c3ccccc3)c2C)cc1. The number of methoxy groups -OCH3 is 1. The van der Waals surface area contributed by atoms with Gasteiger partial charge >= 0.3 is 23.9 Å². The van der Waals surface area contributed by atoms with Crippen molar-refractivity contribution in [3.8, 4) is 17.3 Å². The summed E-state index contributed by atoms with van der Waals surface area (Å²) in [6.45, 7) is 6.18. The minimum Gasteiger partial charge on any atom is -0.497 e. The fourth-order valence-corrected chi connectivity index (χ4v) is 4.97. The van der Waals surface area contributed by atoms with Gasteiger partial charge in [0.1, 0.15) is 18.5 Å². The van der Waals surface area contributed by atoms with Gasteiger partial charge in [0.05, 0.1) is 12.8 Å². The lowest BCUT2D eigenvalue weighted by Gasteiger charge is -2.43. The number of hydrogen-bond donors (Lipinski definition) is 0. The van der Waals surface area contributed by atoms with Gasteiger partial charge in [-0.3, -0.25) is 19.2 Å². The molecule has 1 aliphatic heterocycles. The molecule has 2 aromatic carbocycles. The molecule has 0 unspecified atom stereocenters. The van der Waals surface area contributed by atoms with E-state index < -0.39 is 54.6 Å². The smallest absolute Gasteiger partial charge is 0.303 e. The topological polar surface area (TPSA) is 151 Å². The number of esters is 4. The zero-order valence-corrected chi connectivity index (χ0v) is 25.9. The zero-order chi connectivity index (χ0) is 32.7. The van der Waals surface area contributed by atoms with Crippen LogP contribution in [0.1, 0.15) is 44.5 Å². The third kappa shape index (κ3) is 8.38. The van der Waals surface area contributed by atoms with Crippen molar-refractivity contribution in [3.05, 3.63) is 71.4 Å². The number of para-hydroxylation sites is 1. The van der Waals surface area contributed by atoms with Crippen molar-refractivity contribution >= 4 is 23.9 Å². The molecule has 1 aliphatic rings. The second kappa shape index (κ2) is 14.7. The molecular formula is C32H36N2O11. The van der Waals surface area contributed by atoms with Crippen LogP contribution < -0.4 is 9.47 Å². The van der Waals surface area contributed by atoms with Gasteiger partial charge in [-0.05, 0) is 36.8 Å². The van der Waals surface area contributed by atoms with Crippen LogP contribution in [-0.4, -0.2) is 78.1 Å². The molecule has 1 fully saturated rings. The maximum absolute atomic E-state index is 12.3. The quantitative estimate of drug-likeness (QED) is 0.228. The Kier molecular flexibility index (Phi) is 10.8. The Hall–Kier alpha value is -4.91. The van der Waals surface area contributed by atoms with E-state index in [-0.39, 0.29) is 12.5 Å². The maximum Gasteiger partial charge on any atom is 0.303 e. The van der Waals surface area contributed by atoms with Crippen LogP contribution in [0.15, 0.2) is 54.6 Å². The zero-order valence-electron chi connectivity index (χ0n) is 25.9. The molecule has 0 amide bonds. The summed E-state index contributed by atoms with van der Waals surface area (Å²) in [4.78, 5) is 48.3. The molecular weight excluding hydrogens is 588 g/mol. The van der Waals surface area contributed by atoms with E-state index in [2.05, 4.69) is 0 Å². The van der Waals surface area contributed by atoms with Crippen LogP contribution in [0.3, 0.4) is 0 Å². The van der Waals surface area contributed by atoms with Gasteiger partial charge in [0.25, 0.3) is 0 Å². The van der Waals surface area contributed by atoms with E-state index in [1.165, 1.54) is 6.92 Å². The van der Waals surface area contributed by atoms with E-state index >= 15 is 0 Å². The normalized spacial score (nSPS) is 20.9. The number of aromatic nitrogens is 2. The van der Waals surface area contributed by atoms with Gasteiger partial charge < -0.3 is 33.2 Å². The lowest BCUT2D eigenvalue weighted by Crippen LogP contribution is -2.63. The van der Waals surface area contributed by atoms with Gasteiger partial charge in [0.15, 0.2) is 12.2 Å². The summed E-state index contributed by atoms with van der Waals surface area (Å²) in [7, 11) is 1.59. The molecule has 45 heavy (non-hydrogen) atoms. The van der Waals surface area contributed by atoms with Gasteiger partial charge in [0.2, 0.25) is 18.3 Å². The van der Waals surface area contributed by atoms with Crippen molar-refractivity contribution in [2.24, 2.45) is 0 Å². The monoisotopic (exact) mass is 624 g/mol. The molecule has 0 saturated carbocycles. The summed E-state index contributed by atoms with van der Waals surface area (Å²) in [5.41, 5.74) is 3.15. The highest BCUT2D eigenvalue weighted by Gasteiger charge is 2.53. The molecule has 2 heterocycles. The summed E-state index contributed by atoms with van der Waals surface area (Å²) < 4.78 is 41.3. The van der Waals surface area contributed by atoms with E-state index in [0.717, 1.165) is 37.7 Å². The van der Waals surface area contributed by atoms with Crippen LogP contribution in [0.5, 0.6) is 11.6 Å². The van der Waals surface area contributed by atoms with Crippen LogP contribution >= 0.6 is 0 Å². The summed E-state index contributed by atoms with van der Waals surface area (Å²) >= 11 is 0. The van der Waals surface area contributed by atoms with Crippen LogP contribution in [0, 0.1) is 6.92 Å². The fraction of sp³-hybridized carbons (Fsp3) is 0.406. The average Bonchev–Trinajstić information content (AvgIpc) is 3.29. The second-order valence-electron chi connectivity index (χ2n) is 10.3. The van der Waals surface area contributed by atoms with E-state index in [1.54, 1.807) is 11.8 Å². The number of benzene rings is 2. The third-order valence-corrected chi connectivity index (χ3v) is 6.92. The van der Waals surface area contributed by atoms with Crippen LogP contribution in [-0.2, 0) is 49.3 Å². The maximum atomic E-state index is 12.3. The molecule has 0 bridgehead atoms. The number of carbonyl (C=O) groups is 4. The molecule has 4 rings (SSSR count). The molecule has 240 valence electrons. The van der Waals surface area contributed by atoms with Crippen molar-refractivity contribution in [1.82, 2.24) is 9.78 Å². The van der Waals surface area contributed by atoms with E-state index in [9.17, 15) is 19.2 Å². The van der Waals surface area contributed by atoms with Gasteiger partial charge in [-0.25, -0.2) is 4.68 Å². The molecule has 1 saturated heterocycles. The predicted octanol–water partition coefficient (Wildman–Crippen LogP) is 3.24. The van der Waals surface area contributed by atoms with Gasteiger partial charge in [-0.15, -0.1) is 5.10 Å². The Labute approximate surface area is 260 Å². The first-order valence-corrected chi connectivity index (χ1v) is 14.2. The minimum absolute atomic E-state index is 0.146.